The minimum atomic E-state index is -0.807. The number of carbonyl (C=O) groups is 3. The van der Waals surface area contributed by atoms with E-state index in [2.05, 4.69) is 15.2 Å². The maximum Gasteiger partial charge on any atom is 0.325 e. The number of H-pyrrole nitrogens is 1. The topological polar surface area (TPSA) is 87.1 Å². The highest BCUT2D eigenvalue weighted by molar-refractivity contribution is 6.09. The first-order valence-electron chi connectivity index (χ1n) is 10.1. The largest absolute Gasteiger partial charge is 0.368 e. The van der Waals surface area contributed by atoms with Crippen molar-refractivity contribution >= 4 is 23.5 Å². The van der Waals surface area contributed by atoms with Gasteiger partial charge in [-0.2, -0.15) is 0 Å². The smallest absolute Gasteiger partial charge is 0.325 e. The maximum absolute atomic E-state index is 13.0. The molecule has 2 atom stereocenters. The Labute approximate surface area is 164 Å². The lowest BCUT2D eigenvalue weighted by Gasteiger charge is -2.37. The number of rotatable bonds is 3. The summed E-state index contributed by atoms with van der Waals surface area (Å²) < 4.78 is 0. The van der Waals surface area contributed by atoms with Crippen LogP contribution in [-0.4, -0.2) is 65.9 Å². The molecule has 0 aromatic carbocycles. The van der Waals surface area contributed by atoms with Crippen LogP contribution < -0.4 is 15.2 Å². The minimum absolute atomic E-state index is 0.101. The first-order valence-corrected chi connectivity index (χ1v) is 10.1. The van der Waals surface area contributed by atoms with Gasteiger partial charge in [0.25, 0.3) is 5.91 Å². The van der Waals surface area contributed by atoms with Crippen molar-refractivity contribution in [2.75, 3.05) is 37.6 Å². The third kappa shape index (κ3) is 3.21. The zero-order valence-corrected chi connectivity index (χ0v) is 16.3. The van der Waals surface area contributed by atoms with E-state index in [4.69, 9.17) is 0 Å². The second kappa shape index (κ2) is 7.41. The summed E-state index contributed by atoms with van der Waals surface area (Å²) in [6.45, 7) is 4.49. The second-order valence-electron chi connectivity index (χ2n) is 8.07. The summed E-state index contributed by atoms with van der Waals surface area (Å²) >= 11 is 0. The summed E-state index contributed by atoms with van der Waals surface area (Å²) in [5, 5.41) is 2.91. The third-order valence-electron chi connectivity index (χ3n) is 6.49. The van der Waals surface area contributed by atoms with E-state index in [0.29, 0.717) is 19.5 Å². The molecular weight excluding hydrogens is 358 g/mol. The van der Waals surface area contributed by atoms with Crippen LogP contribution in [0, 0.1) is 5.92 Å². The van der Waals surface area contributed by atoms with Crippen LogP contribution in [0.5, 0.6) is 0 Å². The molecule has 8 nitrogen and oxygen atoms in total. The van der Waals surface area contributed by atoms with Gasteiger partial charge in [-0.3, -0.25) is 14.5 Å². The van der Waals surface area contributed by atoms with Crippen molar-refractivity contribution in [2.45, 2.75) is 38.1 Å². The molecule has 0 unspecified atom stereocenters. The van der Waals surface area contributed by atoms with E-state index in [-0.39, 0.29) is 24.3 Å². The van der Waals surface area contributed by atoms with Gasteiger partial charge in [-0.15, -0.1) is 0 Å². The summed E-state index contributed by atoms with van der Waals surface area (Å²) in [4.78, 5) is 46.4. The highest BCUT2D eigenvalue weighted by atomic mass is 16.2. The van der Waals surface area contributed by atoms with E-state index in [1.54, 1.807) is 4.90 Å². The number of hydrogen-bond acceptors (Lipinski definition) is 4. The van der Waals surface area contributed by atoms with Crippen LogP contribution in [0.4, 0.5) is 10.5 Å². The molecule has 4 amide bonds. The molecule has 28 heavy (non-hydrogen) atoms. The quantitative estimate of drug-likeness (QED) is 0.773. The van der Waals surface area contributed by atoms with Gasteiger partial charge in [-0.25, -0.2) is 9.78 Å². The van der Waals surface area contributed by atoms with Gasteiger partial charge >= 0.3 is 6.03 Å². The molecule has 3 aliphatic rings. The number of amides is 4. The molecule has 1 spiro atoms. The number of urea groups is 1. The Hall–Kier alpha value is -2.64. The SMILES string of the molecule is C[C@H]1CCCC[C@]12NC(=O)N(CC(=O)N1CCN(c3cc[nH+]cc3)CC1)C2=O. The Bertz CT molecular complexity index is 762. The van der Waals surface area contributed by atoms with Gasteiger partial charge in [0.15, 0.2) is 12.4 Å². The van der Waals surface area contributed by atoms with Gasteiger partial charge < -0.3 is 15.1 Å². The third-order valence-corrected chi connectivity index (χ3v) is 6.49. The number of pyridine rings is 1. The van der Waals surface area contributed by atoms with E-state index in [0.717, 1.165) is 42.9 Å². The standard InChI is InChI=1S/C20H27N5O3/c1-15-4-2-3-7-20(15)18(27)25(19(28)22-20)14-17(26)24-12-10-23(11-13-24)16-5-8-21-9-6-16/h5-6,8-9,15H,2-4,7,10-14H2,1H3,(H,22,28)/p+1/t15-,20-/m0/s1. The monoisotopic (exact) mass is 386 g/mol. The fourth-order valence-corrected chi connectivity index (χ4v) is 4.68. The second-order valence-corrected chi connectivity index (χ2v) is 8.07. The molecule has 150 valence electrons. The van der Waals surface area contributed by atoms with E-state index in [9.17, 15) is 14.4 Å². The Morgan fingerprint density at radius 1 is 1.18 bits per heavy atom. The number of hydrogen-bond donors (Lipinski definition) is 1. The average molecular weight is 386 g/mol. The highest BCUT2D eigenvalue weighted by Crippen LogP contribution is 2.38. The van der Waals surface area contributed by atoms with Crippen LogP contribution in [0.25, 0.3) is 0 Å². The molecule has 0 radical (unpaired) electrons. The van der Waals surface area contributed by atoms with E-state index in [1.807, 2.05) is 31.5 Å². The van der Waals surface area contributed by atoms with Crippen molar-refractivity contribution in [3.63, 3.8) is 0 Å². The first-order chi connectivity index (χ1) is 13.5. The van der Waals surface area contributed by atoms with Crippen LogP contribution >= 0.6 is 0 Å². The molecule has 8 heteroatoms. The fourth-order valence-electron chi connectivity index (χ4n) is 4.68. The fraction of sp³-hybridized carbons (Fsp3) is 0.600. The predicted molar refractivity (Wildman–Crippen MR) is 102 cm³/mol. The number of aromatic amines is 1. The lowest BCUT2D eigenvalue weighted by atomic mass is 9.73. The van der Waals surface area contributed by atoms with E-state index in [1.165, 1.54) is 0 Å². The van der Waals surface area contributed by atoms with E-state index >= 15 is 0 Å². The van der Waals surface area contributed by atoms with Gasteiger partial charge in [0.1, 0.15) is 12.1 Å². The van der Waals surface area contributed by atoms with Crippen molar-refractivity contribution in [1.82, 2.24) is 15.1 Å². The van der Waals surface area contributed by atoms with Gasteiger partial charge in [-0.05, 0) is 18.8 Å². The zero-order chi connectivity index (χ0) is 19.7. The molecule has 3 heterocycles. The molecule has 1 saturated carbocycles. The lowest BCUT2D eigenvalue weighted by molar-refractivity contribution is -0.377. The number of nitrogens with one attached hydrogen (secondary N) is 2. The molecule has 2 N–H and O–H groups in total. The van der Waals surface area contributed by atoms with Crippen molar-refractivity contribution in [3.05, 3.63) is 24.5 Å². The lowest BCUT2D eigenvalue weighted by Crippen LogP contribution is -2.55. The maximum atomic E-state index is 13.0. The Morgan fingerprint density at radius 2 is 1.89 bits per heavy atom. The molecule has 0 bridgehead atoms. The van der Waals surface area contributed by atoms with Gasteiger partial charge in [0.05, 0.1) is 0 Å². The number of aromatic nitrogens is 1. The van der Waals surface area contributed by atoms with Gasteiger partial charge in [0, 0.05) is 44.0 Å². The predicted octanol–water partition coefficient (Wildman–Crippen LogP) is 0.650. The molecular formula is C20H28N5O3+. The summed E-state index contributed by atoms with van der Waals surface area (Å²) in [5.74, 6) is -0.285. The average Bonchev–Trinajstić information content (AvgIpc) is 2.96. The molecule has 1 aromatic rings. The summed E-state index contributed by atoms with van der Waals surface area (Å²) in [6.07, 6.45) is 7.36. The van der Waals surface area contributed by atoms with Gasteiger partial charge in [-0.1, -0.05) is 19.8 Å². The summed E-state index contributed by atoms with van der Waals surface area (Å²) in [6, 6.07) is 3.59. The molecule has 1 aliphatic carbocycles. The molecule has 2 saturated heterocycles. The minimum Gasteiger partial charge on any atom is -0.368 e. The zero-order valence-electron chi connectivity index (χ0n) is 16.3. The van der Waals surface area contributed by atoms with Crippen molar-refractivity contribution in [1.29, 1.82) is 0 Å². The number of carbonyl (C=O) groups excluding carboxylic acids is 3. The van der Waals surface area contributed by atoms with E-state index < -0.39 is 11.6 Å². The summed E-state index contributed by atoms with van der Waals surface area (Å²) in [5.41, 5.74) is 0.312. The van der Waals surface area contributed by atoms with Gasteiger partial charge in [0.2, 0.25) is 5.91 Å². The van der Waals surface area contributed by atoms with Crippen molar-refractivity contribution in [3.8, 4) is 0 Å². The first kappa shape index (κ1) is 18.7. The van der Waals surface area contributed by atoms with Crippen LogP contribution in [-0.2, 0) is 9.59 Å². The molecule has 2 aliphatic heterocycles. The normalized spacial score (nSPS) is 28.0. The summed E-state index contributed by atoms with van der Waals surface area (Å²) in [7, 11) is 0. The number of nitrogens with zero attached hydrogens (tertiary/aromatic N) is 3. The van der Waals surface area contributed by atoms with Crippen LogP contribution in [0.2, 0.25) is 0 Å². The van der Waals surface area contributed by atoms with Crippen molar-refractivity contribution < 1.29 is 19.4 Å². The van der Waals surface area contributed by atoms with Crippen molar-refractivity contribution in [2.24, 2.45) is 5.92 Å². The number of imide groups is 1. The van der Waals surface area contributed by atoms with Crippen LogP contribution in [0.1, 0.15) is 32.6 Å². The highest BCUT2D eigenvalue weighted by Gasteiger charge is 2.55. The molecule has 1 aromatic heterocycles. The Morgan fingerprint density at radius 3 is 2.57 bits per heavy atom. The Kier molecular flexibility index (Phi) is 4.95. The number of anilines is 1. The number of piperazine rings is 1. The molecule has 4 rings (SSSR count). The van der Waals surface area contributed by atoms with Crippen LogP contribution in [0.15, 0.2) is 24.5 Å². The molecule has 3 fully saturated rings. The Balaban J connectivity index is 1.36. The van der Waals surface area contributed by atoms with Crippen LogP contribution in [0.3, 0.4) is 0 Å².